The van der Waals surface area contributed by atoms with Crippen LogP contribution in [0.3, 0.4) is 0 Å². The predicted octanol–water partition coefficient (Wildman–Crippen LogP) is 3.22. The number of aryl methyl sites for hydroxylation is 1. The highest BCUT2D eigenvalue weighted by molar-refractivity contribution is 7.16. The van der Waals surface area contributed by atoms with Crippen molar-refractivity contribution in [2.45, 2.75) is 38.0 Å². The average Bonchev–Trinajstić information content (AvgIpc) is 3.05. The summed E-state index contributed by atoms with van der Waals surface area (Å²) in [6.07, 6.45) is 4.37. The van der Waals surface area contributed by atoms with E-state index in [1.54, 1.807) is 11.3 Å². The molecule has 1 aliphatic rings. The van der Waals surface area contributed by atoms with E-state index in [1.807, 2.05) is 4.52 Å². The molecule has 2 heterocycles. The first-order valence-corrected chi connectivity index (χ1v) is 7.92. The van der Waals surface area contributed by atoms with Crippen molar-refractivity contribution in [3.8, 4) is 0 Å². The van der Waals surface area contributed by atoms with E-state index in [0.717, 1.165) is 23.6 Å². The summed E-state index contributed by atoms with van der Waals surface area (Å²) >= 11 is 1.69. The third-order valence-corrected chi connectivity index (χ3v) is 5.12. The zero-order chi connectivity index (χ0) is 13.6. The Hall–Kier alpha value is -1.75. The van der Waals surface area contributed by atoms with Gasteiger partial charge < -0.3 is 0 Å². The van der Waals surface area contributed by atoms with Crippen LogP contribution in [-0.2, 0) is 11.8 Å². The predicted molar refractivity (Wildman–Crippen MR) is 79.1 cm³/mol. The highest BCUT2D eigenvalue weighted by Gasteiger charge is 2.49. The van der Waals surface area contributed by atoms with Gasteiger partial charge in [-0.25, -0.2) is 0 Å². The Morgan fingerprint density at radius 1 is 1.20 bits per heavy atom. The van der Waals surface area contributed by atoms with E-state index in [2.05, 4.69) is 47.5 Å². The van der Waals surface area contributed by atoms with Gasteiger partial charge in [0.15, 0.2) is 5.82 Å². The summed E-state index contributed by atoms with van der Waals surface area (Å²) in [5, 5.41) is 14.5. The van der Waals surface area contributed by atoms with Crippen molar-refractivity contribution in [2.75, 3.05) is 0 Å². The first kappa shape index (κ1) is 12.0. The summed E-state index contributed by atoms with van der Waals surface area (Å²) in [6, 6.07) is 10.7. The highest BCUT2D eigenvalue weighted by Crippen LogP contribution is 2.54. The molecule has 0 N–H and O–H groups in total. The number of hydrogen-bond acceptors (Lipinski definition) is 4. The molecule has 1 aromatic carbocycles. The van der Waals surface area contributed by atoms with Crippen LogP contribution < -0.4 is 0 Å². The Morgan fingerprint density at radius 2 is 2.00 bits per heavy atom. The molecule has 0 unspecified atom stereocenters. The van der Waals surface area contributed by atoms with Gasteiger partial charge in [0.05, 0.1) is 0 Å². The van der Waals surface area contributed by atoms with Gasteiger partial charge in [-0.3, -0.25) is 0 Å². The van der Waals surface area contributed by atoms with E-state index >= 15 is 0 Å². The second kappa shape index (κ2) is 4.38. The standard InChI is InChI=1S/C15H16N4S/c1-2-6-12-16-17-14-19(12)18-13(20-14)15(9-10-15)11-7-4-3-5-8-11/h3-5,7-8H,2,6,9-10H2,1H3. The number of nitrogens with zero attached hydrogens (tertiary/aromatic N) is 4. The van der Waals surface area contributed by atoms with Crippen LogP contribution >= 0.6 is 11.3 Å². The maximum absolute atomic E-state index is 4.81. The molecule has 102 valence electrons. The van der Waals surface area contributed by atoms with Gasteiger partial charge in [-0.1, -0.05) is 48.6 Å². The summed E-state index contributed by atoms with van der Waals surface area (Å²) in [5.74, 6) is 0.980. The Kier molecular flexibility index (Phi) is 2.63. The molecule has 0 atom stereocenters. The van der Waals surface area contributed by atoms with E-state index in [0.29, 0.717) is 0 Å². The number of aromatic nitrogens is 4. The average molecular weight is 284 g/mol. The van der Waals surface area contributed by atoms with Gasteiger partial charge in [-0.05, 0) is 24.8 Å². The van der Waals surface area contributed by atoms with Crippen LogP contribution in [0, 0.1) is 0 Å². The Balaban J connectivity index is 1.79. The molecule has 1 saturated carbocycles. The molecule has 1 fully saturated rings. The molecular formula is C15H16N4S. The molecule has 0 saturated heterocycles. The van der Waals surface area contributed by atoms with Crippen molar-refractivity contribution < 1.29 is 0 Å². The fraction of sp³-hybridized carbons (Fsp3) is 0.400. The SMILES string of the molecule is CCCc1nnc2sc(C3(c4ccccc4)CC3)nn12. The molecule has 4 nitrogen and oxygen atoms in total. The summed E-state index contributed by atoms with van der Waals surface area (Å²) in [7, 11) is 0. The van der Waals surface area contributed by atoms with Crippen LogP contribution in [0.1, 0.15) is 42.6 Å². The maximum Gasteiger partial charge on any atom is 0.234 e. The van der Waals surface area contributed by atoms with Crippen molar-refractivity contribution >= 4 is 16.3 Å². The molecule has 3 aromatic rings. The van der Waals surface area contributed by atoms with Crippen molar-refractivity contribution in [1.29, 1.82) is 0 Å². The molecular weight excluding hydrogens is 268 g/mol. The van der Waals surface area contributed by atoms with E-state index in [4.69, 9.17) is 5.10 Å². The van der Waals surface area contributed by atoms with Crippen LogP contribution in [0.2, 0.25) is 0 Å². The first-order valence-electron chi connectivity index (χ1n) is 7.10. The minimum atomic E-state index is 0.135. The minimum absolute atomic E-state index is 0.135. The third-order valence-electron chi connectivity index (χ3n) is 4.01. The van der Waals surface area contributed by atoms with Gasteiger partial charge in [0.1, 0.15) is 5.01 Å². The fourth-order valence-corrected chi connectivity index (χ4v) is 3.87. The van der Waals surface area contributed by atoms with Gasteiger partial charge in [-0.15, -0.1) is 10.2 Å². The van der Waals surface area contributed by atoms with Crippen molar-refractivity contribution in [1.82, 2.24) is 19.8 Å². The lowest BCUT2D eigenvalue weighted by Gasteiger charge is -2.11. The number of rotatable bonds is 4. The summed E-state index contributed by atoms with van der Waals surface area (Å²) in [4.78, 5) is 0.922. The first-order chi connectivity index (χ1) is 9.83. The lowest BCUT2D eigenvalue weighted by atomic mass is 9.97. The maximum atomic E-state index is 4.81. The Morgan fingerprint density at radius 3 is 2.70 bits per heavy atom. The third kappa shape index (κ3) is 1.69. The normalized spacial score (nSPS) is 16.6. The Labute approximate surface area is 121 Å². The van der Waals surface area contributed by atoms with Crippen molar-refractivity contribution in [3.63, 3.8) is 0 Å². The zero-order valence-electron chi connectivity index (χ0n) is 11.4. The van der Waals surface area contributed by atoms with Crippen LogP contribution in [0.15, 0.2) is 30.3 Å². The summed E-state index contributed by atoms with van der Waals surface area (Å²) in [6.45, 7) is 2.15. The van der Waals surface area contributed by atoms with Crippen LogP contribution in [-0.4, -0.2) is 19.8 Å². The smallest absolute Gasteiger partial charge is 0.187 e. The molecule has 4 rings (SSSR count). The van der Waals surface area contributed by atoms with Crippen LogP contribution in [0.5, 0.6) is 0 Å². The molecule has 5 heteroatoms. The Bertz CT molecular complexity index is 740. The van der Waals surface area contributed by atoms with E-state index in [-0.39, 0.29) is 5.41 Å². The largest absolute Gasteiger partial charge is 0.234 e. The molecule has 0 aliphatic heterocycles. The molecule has 20 heavy (non-hydrogen) atoms. The van der Waals surface area contributed by atoms with Gasteiger partial charge in [0, 0.05) is 11.8 Å². The van der Waals surface area contributed by atoms with E-state index in [1.165, 1.54) is 23.4 Å². The molecule has 0 radical (unpaired) electrons. The van der Waals surface area contributed by atoms with Gasteiger partial charge in [0.2, 0.25) is 4.96 Å². The van der Waals surface area contributed by atoms with Gasteiger partial charge in [0.25, 0.3) is 0 Å². The molecule has 0 amide bonds. The monoisotopic (exact) mass is 284 g/mol. The van der Waals surface area contributed by atoms with E-state index < -0.39 is 0 Å². The van der Waals surface area contributed by atoms with E-state index in [9.17, 15) is 0 Å². The van der Waals surface area contributed by atoms with Crippen LogP contribution in [0.4, 0.5) is 0 Å². The minimum Gasteiger partial charge on any atom is -0.187 e. The fourth-order valence-electron chi connectivity index (χ4n) is 2.74. The number of benzene rings is 1. The lowest BCUT2D eigenvalue weighted by molar-refractivity contribution is 0.735. The quantitative estimate of drug-likeness (QED) is 0.739. The van der Waals surface area contributed by atoms with Crippen molar-refractivity contribution in [2.24, 2.45) is 0 Å². The number of fused-ring (bicyclic) bond motifs is 1. The van der Waals surface area contributed by atoms with Crippen LogP contribution in [0.25, 0.3) is 4.96 Å². The molecule has 1 aliphatic carbocycles. The van der Waals surface area contributed by atoms with Gasteiger partial charge >= 0.3 is 0 Å². The molecule has 0 bridgehead atoms. The lowest BCUT2D eigenvalue weighted by Crippen LogP contribution is -2.09. The highest BCUT2D eigenvalue weighted by atomic mass is 32.1. The number of hydrogen-bond donors (Lipinski definition) is 0. The van der Waals surface area contributed by atoms with Gasteiger partial charge in [-0.2, -0.15) is 9.61 Å². The summed E-state index contributed by atoms with van der Waals surface area (Å²) < 4.78 is 1.94. The summed E-state index contributed by atoms with van der Waals surface area (Å²) in [5.41, 5.74) is 1.51. The molecule has 2 aromatic heterocycles. The molecule has 0 spiro atoms. The zero-order valence-corrected chi connectivity index (χ0v) is 12.2. The van der Waals surface area contributed by atoms with Crippen molar-refractivity contribution in [3.05, 3.63) is 46.7 Å². The second-order valence-electron chi connectivity index (χ2n) is 5.42. The topological polar surface area (TPSA) is 43.1 Å². The second-order valence-corrected chi connectivity index (χ2v) is 6.37.